The summed E-state index contributed by atoms with van der Waals surface area (Å²) in [6.07, 6.45) is 3.44. The summed E-state index contributed by atoms with van der Waals surface area (Å²) in [5, 5.41) is 0. The fourth-order valence-electron chi connectivity index (χ4n) is 3.04. The van der Waals surface area contributed by atoms with Gasteiger partial charge in [-0.15, -0.1) is 0 Å². The SMILES string of the molecule is CC(=O)c1ccc(-n2ccc3c2CC(C)(C)CC3=O)cc1. The summed E-state index contributed by atoms with van der Waals surface area (Å²) in [6, 6.07) is 9.44. The zero-order chi connectivity index (χ0) is 15.2. The molecule has 0 saturated heterocycles. The molecule has 0 unspecified atom stereocenters. The van der Waals surface area contributed by atoms with Crippen molar-refractivity contribution in [1.29, 1.82) is 0 Å². The fourth-order valence-corrected chi connectivity index (χ4v) is 3.04. The Morgan fingerprint density at radius 1 is 1.10 bits per heavy atom. The molecular formula is C18H19NO2. The third-order valence-electron chi connectivity index (χ3n) is 4.13. The number of hydrogen-bond acceptors (Lipinski definition) is 2. The van der Waals surface area contributed by atoms with E-state index in [2.05, 4.69) is 18.4 Å². The van der Waals surface area contributed by atoms with E-state index in [1.807, 2.05) is 36.5 Å². The number of hydrogen-bond donors (Lipinski definition) is 0. The van der Waals surface area contributed by atoms with Gasteiger partial charge in [0.05, 0.1) is 0 Å². The molecule has 2 aromatic rings. The van der Waals surface area contributed by atoms with Crippen LogP contribution in [-0.4, -0.2) is 16.1 Å². The minimum Gasteiger partial charge on any atom is -0.320 e. The highest BCUT2D eigenvalue weighted by Gasteiger charge is 2.33. The van der Waals surface area contributed by atoms with Crippen LogP contribution in [0.1, 0.15) is 53.6 Å². The third-order valence-corrected chi connectivity index (χ3v) is 4.13. The Labute approximate surface area is 124 Å². The molecule has 108 valence electrons. The molecule has 0 spiro atoms. The lowest BCUT2D eigenvalue weighted by Gasteiger charge is -2.29. The Morgan fingerprint density at radius 3 is 2.38 bits per heavy atom. The summed E-state index contributed by atoms with van der Waals surface area (Å²) in [7, 11) is 0. The lowest BCUT2D eigenvalue weighted by molar-refractivity contribution is 0.0910. The van der Waals surface area contributed by atoms with E-state index in [4.69, 9.17) is 0 Å². The summed E-state index contributed by atoms with van der Waals surface area (Å²) in [5.74, 6) is 0.285. The van der Waals surface area contributed by atoms with Crippen molar-refractivity contribution in [2.24, 2.45) is 5.41 Å². The van der Waals surface area contributed by atoms with E-state index in [0.29, 0.717) is 12.0 Å². The topological polar surface area (TPSA) is 39.1 Å². The number of aromatic nitrogens is 1. The van der Waals surface area contributed by atoms with E-state index >= 15 is 0 Å². The van der Waals surface area contributed by atoms with Gasteiger partial charge >= 0.3 is 0 Å². The molecule has 1 aromatic carbocycles. The number of Topliss-reactive ketones (excluding diaryl/α,β-unsaturated/α-hetero) is 2. The highest BCUT2D eigenvalue weighted by atomic mass is 16.1. The molecule has 0 radical (unpaired) electrons. The van der Waals surface area contributed by atoms with Crippen LogP contribution in [0.2, 0.25) is 0 Å². The number of rotatable bonds is 2. The van der Waals surface area contributed by atoms with Crippen LogP contribution in [0.4, 0.5) is 0 Å². The molecule has 0 N–H and O–H groups in total. The highest BCUT2D eigenvalue weighted by Crippen LogP contribution is 2.36. The van der Waals surface area contributed by atoms with Crippen molar-refractivity contribution < 1.29 is 9.59 Å². The number of carbonyl (C=O) groups excluding carboxylic acids is 2. The van der Waals surface area contributed by atoms with E-state index in [0.717, 1.165) is 23.4 Å². The van der Waals surface area contributed by atoms with Gasteiger partial charge in [0.25, 0.3) is 0 Å². The number of benzene rings is 1. The first-order valence-electron chi connectivity index (χ1n) is 7.22. The summed E-state index contributed by atoms with van der Waals surface area (Å²) < 4.78 is 2.07. The van der Waals surface area contributed by atoms with Crippen molar-refractivity contribution in [2.75, 3.05) is 0 Å². The smallest absolute Gasteiger partial charge is 0.165 e. The predicted octanol–water partition coefficient (Wildman–Crippen LogP) is 3.84. The van der Waals surface area contributed by atoms with Gasteiger partial charge in [0.15, 0.2) is 11.6 Å². The lowest BCUT2D eigenvalue weighted by Crippen LogP contribution is -2.27. The van der Waals surface area contributed by atoms with Crippen LogP contribution in [0.3, 0.4) is 0 Å². The van der Waals surface area contributed by atoms with Gasteiger partial charge in [0, 0.05) is 35.1 Å². The molecule has 3 heteroatoms. The van der Waals surface area contributed by atoms with Crippen molar-refractivity contribution in [2.45, 2.75) is 33.6 Å². The van der Waals surface area contributed by atoms with Crippen LogP contribution in [0.25, 0.3) is 5.69 Å². The minimum atomic E-state index is -0.000484. The van der Waals surface area contributed by atoms with Gasteiger partial charge in [-0.2, -0.15) is 0 Å². The second-order valence-electron chi connectivity index (χ2n) is 6.59. The Bertz CT molecular complexity index is 720. The van der Waals surface area contributed by atoms with Gasteiger partial charge < -0.3 is 4.57 Å². The monoisotopic (exact) mass is 281 g/mol. The van der Waals surface area contributed by atoms with Crippen molar-refractivity contribution in [3.8, 4) is 5.69 Å². The molecule has 3 rings (SSSR count). The first-order valence-corrected chi connectivity index (χ1v) is 7.22. The molecule has 1 heterocycles. The van der Waals surface area contributed by atoms with Crippen LogP contribution in [-0.2, 0) is 6.42 Å². The van der Waals surface area contributed by atoms with Gasteiger partial charge in [0.2, 0.25) is 0 Å². The molecule has 1 aromatic heterocycles. The summed E-state index contributed by atoms with van der Waals surface area (Å²) in [4.78, 5) is 23.6. The first kappa shape index (κ1) is 13.8. The molecular weight excluding hydrogens is 262 g/mol. The molecule has 1 aliphatic carbocycles. The van der Waals surface area contributed by atoms with Gasteiger partial charge in [-0.05, 0) is 49.1 Å². The maximum absolute atomic E-state index is 12.2. The maximum atomic E-state index is 12.2. The predicted molar refractivity (Wildman–Crippen MR) is 82.2 cm³/mol. The van der Waals surface area contributed by atoms with E-state index < -0.39 is 0 Å². The highest BCUT2D eigenvalue weighted by molar-refractivity contribution is 5.99. The quantitative estimate of drug-likeness (QED) is 0.785. The maximum Gasteiger partial charge on any atom is 0.165 e. The molecule has 1 aliphatic rings. The standard InChI is InChI=1S/C18H19NO2/c1-12(20)13-4-6-14(7-5-13)19-9-8-15-16(19)10-18(2,3)11-17(15)21/h4-9H,10-11H2,1-3H3. The molecule has 0 aliphatic heterocycles. The Hall–Kier alpha value is -2.16. The van der Waals surface area contributed by atoms with Gasteiger partial charge in [-0.3, -0.25) is 9.59 Å². The number of fused-ring (bicyclic) bond motifs is 1. The summed E-state index contributed by atoms with van der Waals surface area (Å²) in [6.45, 7) is 5.82. The number of carbonyl (C=O) groups is 2. The van der Waals surface area contributed by atoms with Crippen LogP contribution >= 0.6 is 0 Å². The number of ketones is 2. The van der Waals surface area contributed by atoms with Crippen LogP contribution in [0.5, 0.6) is 0 Å². The van der Waals surface area contributed by atoms with Crippen LogP contribution in [0, 0.1) is 5.41 Å². The van der Waals surface area contributed by atoms with Crippen molar-refractivity contribution in [3.05, 3.63) is 53.3 Å². The average molecular weight is 281 g/mol. The van der Waals surface area contributed by atoms with Crippen molar-refractivity contribution >= 4 is 11.6 Å². The molecule has 0 amide bonds. The first-order chi connectivity index (χ1) is 9.87. The summed E-state index contributed by atoms with van der Waals surface area (Å²) in [5.41, 5.74) is 3.61. The second kappa shape index (κ2) is 4.69. The van der Waals surface area contributed by atoms with Crippen molar-refractivity contribution in [3.63, 3.8) is 0 Å². The van der Waals surface area contributed by atoms with E-state index in [9.17, 15) is 9.59 Å². The lowest BCUT2D eigenvalue weighted by atomic mass is 9.76. The molecule has 0 fully saturated rings. The van der Waals surface area contributed by atoms with Crippen LogP contribution < -0.4 is 0 Å². The molecule has 21 heavy (non-hydrogen) atoms. The van der Waals surface area contributed by atoms with Gasteiger partial charge in [-0.25, -0.2) is 0 Å². The number of nitrogens with zero attached hydrogens (tertiary/aromatic N) is 1. The molecule has 0 bridgehead atoms. The van der Waals surface area contributed by atoms with Crippen LogP contribution in [0.15, 0.2) is 36.5 Å². The fraction of sp³-hybridized carbons (Fsp3) is 0.333. The van der Waals surface area contributed by atoms with Crippen molar-refractivity contribution in [1.82, 2.24) is 4.57 Å². The Kier molecular flexibility index (Phi) is 3.08. The molecule has 3 nitrogen and oxygen atoms in total. The van der Waals surface area contributed by atoms with E-state index in [1.165, 1.54) is 0 Å². The molecule has 0 saturated carbocycles. The third kappa shape index (κ3) is 2.44. The average Bonchev–Trinajstić information content (AvgIpc) is 2.81. The van der Waals surface area contributed by atoms with E-state index in [1.54, 1.807) is 6.92 Å². The van der Waals surface area contributed by atoms with Gasteiger partial charge in [0.1, 0.15) is 0 Å². The second-order valence-corrected chi connectivity index (χ2v) is 6.59. The molecule has 0 atom stereocenters. The zero-order valence-electron chi connectivity index (χ0n) is 12.6. The van der Waals surface area contributed by atoms with Gasteiger partial charge in [-0.1, -0.05) is 13.8 Å². The Morgan fingerprint density at radius 2 is 1.76 bits per heavy atom. The largest absolute Gasteiger partial charge is 0.320 e. The Balaban J connectivity index is 2.05. The van der Waals surface area contributed by atoms with E-state index in [-0.39, 0.29) is 17.0 Å². The zero-order valence-corrected chi connectivity index (χ0v) is 12.6. The minimum absolute atomic E-state index is 0.000484. The summed E-state index contributed by atoms with van der Waals surface area (Å²) >= 11 is 0. The normalized spacial score (nSPS) is 16.6.